The minimum atomic E-state index is 0.223. The van der Waals surface area contributed by atoms with Crippen molar-refractivity contribution in [2.75, 3.05) is 16.4 Å². The molecule has 1 aliphatic carbocycles. The van der Waals surface area contributed by atoms with Crippen LogP contribution in [0.15, 0.2) is 42.7 Å². The number of rotatable bonds is 7. The van der Waals surface area contributed by atoms with Gasteiger partial charge in [-0.15, -0.1) is 0 Å². The van der Waals surface area contributed by atoms with Gasteiger partial charge in [0.05, 0.1) is 23.6 Å². The van der Waals surface area contributed by atoms with E-state index in [2.05, 4.69) is 69.1 Å². The molecule has 0 radical (unpaired) electrons. The van der Waals surface area contributed by atoms with E-state index in [1.807, 2.05) is 13.1 Å². The average molecular weight is 421 g/mol. The van der Waals surface area contributed by atoms with Crippen LogP contribution in [0.2, 0.25) is 0 Å². The Kier molecular flexibility index (Phi) is 6.36. The summed E-state index contributed by atoms with van der Waals surface area (Å²) in [6.07, 6.45) is 8.13. The van der Waals surface area contributed by atoms with Crippen molar-refractivity contribution in [3.8, 4) is 11.3 Å². The number of anilines is 3. The lowest BCUT2D eigenvalue weighted by atomic mass is 9.91. The van der Waals surface area contributed by atoms with Gasteiger partial charge in [0.1, 0.15) is 5.82 Å². The number of hydrogen-bond donors (Lipinski definition) is 4. The van der Waals surface area contributed by atoms with Crippen LogP contribution in [0.1, 0.15) is 38.2 Å². The Morgan fingerprint density at radius 1 is 1.10 bits per heavy atom. The number of nitrogens with zero attached hydrogens (tertiary/aromatic N) is 4. The second kappa shape index (κ2) is 9.34. The second-order valence-electron chi connectivity index (χ2n) is 8.37. The normalized spacial score (nSPS) is 19.7. The molecule has 1 aliphatic rings. The number of nitrogens with two attached hydrogens (primary N) is 1. The average Bonchev–Trinajstić information content (AvgIpc) is 3.10. The highest BCUT2D eigenvalue weighted by atomic mass is 15.3. The van der Waals surface area contributed by atoms with Gasteiger partial charge in [0.25, 0.3) is 0 Å². The summed E-state index contributed by atoms with van der Waals surface area (Å²) in [6, 6.07) is 11.1. The maximum absolute atomic E-state index is 6.09. The van der Waals surface area contributed by atoms with E-state index in [0.717, 1.165) is 36.9 Å². The first-order valence-electron chi connectivity index (χ1n) is 10.9. The molecule has 164 valence electrons. The molecule has 3 aromatic rings. The molecule has 31 heavy (non-hydrogen) atoms. The summed E-state index contributed by atoms with van der Waals surface area (Å²) in [5.74, 6) is 1.25. The molecular weight excluding hydrogens is 388 g/mol. The third-order valence-electron chi connectivity index (χ3n) is 5.98. The molecule has 0 bridgehead atoms. The fourth-order valence-corrected chi connectivity index (χ4v) is 4.17. The molecule has 1 atom stereocenters. The Hall–Kier alpha value is -3.13. The minimum absolute atomic E-state index is 0.223. The Bertz CT molecular complexity index is 1010. The number of para-hydroxylation sites is 1. The van der Waals surface area contributed by atoms with E-state index < -0.39 is 0 Å². The molecule has 1 saturated carbocycles. The van der Waals surface area contributed by atoms with E-state index in [1.165, 1.54) is 11.3 Å². The van der Waals surface area contributed by atoms with Gasteiger partial charge >= 0.3 is 0 Å². The van der Waals surface area contributed by atoms with Crippen LogP contribution in [0.25, 0.3) is 11.3 Å². The molecule has 0 aliphatic heterocycles. The number of aromatic nitrogens is 4. The number of hydrogen-bond acceptors (Lipinski definition) is 7. The Morgan fingerprint density at radius 2 is 1.84 bits per heavy atom. The lowest BCUT2D eigenvalue weighted by Crippen LogP contribution is -2.44. The highest BCUT2D eigenvalue weighted by molar-refractivity contribution is 5.70. The van der Waals surface area contributed by atoms with Crippen LogP contribution < -0.4 is 21.7 Å². The minimum Gasteiger partial charge on any atom is -0.383 e. The molecule has 0 amide bonds. The van der Waals surface area contributed by atoms with E-state index in [9.17, 15) is 0 Å². The van der Waals surface area contributed by atoms with Gasteiger partial charge in [-0.05, 0) is 57.2 Å². The first-order chi connectivity index (χ1) is 15.0. The Balaban J connectivity index is 1.28. The number of aryl methyl sites for hydroxylation is 2. The van der Waals surface area contributed by atoms with Crippen molar-refractivity contribution >= 4 is 17.5 Å². The van der Waals surface area contributed by atoms with Gasteiger partial charge in [-0.1, -0.05) is 18.2 Å². The van der Waals surface area contributed by atoms with Crippen LogP contribution in [0.5, 0.6) is 0 Å². The fraction of sp³-hybridized carbons (Fsp3) is 0.435. The zero-order valence-corrected chi connectivity index (χ0v) is 18.5. The van der Waals surface area contributed by atoms with Crippen LogP contribution in [0, 0.1) is 6.92 Å². The summed E-state index contributed by atoms with van der Waals surface area (Å²) in [5.41, 5.74) is 10.2. The van der Waals surface area contributed by atoms with Crippen molar-refractivity contribution in [3.63, 3.8) is 0 Å². The van der Waals surface area contributed by atoms with Crippen molar-refractivity contribution in [3.05, 3.63) is 48.3 Å². The third kappa shape index (κ3) is 5.14. The highest BCUT2D eigenvalue weighted by Crippen LogP contribution is 2.25. The van der Waals surface area contributed by atoms with Crippen LogP contribution in [0.3, 0.4) is 0 Å². The molecule has 1 unspecified atom stereocenters. The Labute approximate surface area is 183 Å². The summed E-state index contributed by atoms with van der Waals surface area (Å²) in [6.45, 7) is 4.31. The van der Waals surface area contributed by atoms with Gasteiger partial charge in [-0.25, -0.2) is 9.97 Å². The lowest BCUT2D eigenvalue weighted by molar-refractivity contribution is 0.337. The summed E-state index contributed by atoms with van der Waals surface area (Å²) >= 11 is 0. The largest absolute Gasteiger partial charge is 0.383 e. The monoisotopic (exact) mass is 420 g/mol. The molecule has 0 saturated heterocycles. The van der Waals surface area contributed by atoms with E-state index in [0.29, 0.717) is 23.8 Å². The topological polar surface area (TPSA) is 106 Å². The molecule has 8 nitrogen and oxygen atoms in total. The van der Waals surface area contributed by atoms with Crippen molar-refractivity contribution in [2.45, 2.75) is 57.8 Å². The van der Waals surface area contributed by atoms with Crippen molar-refractivity contribution in [1.29, 1.82) is 0 Å². The zero-order chi connectivity index (χ0) is 21.8. The van der Waals surface area contributed by atoms with Gasteiger partial charge in [-0.2, -0.15) is 5.10 Å². The van der Waals surface area contributed by atoms with E-state index >= 15 is 0 Å². The molecule has 8 heteroatoms. The van der Waals surface area contributed by atoms with Crippen molar-refractivity contribution in [1.82, 2.24) is 25.1 Å². The number of benzene rings is 1. The first kappa shape index (κ1) is 21.1. The van der Waals surface area contributed by atoms with Crippen LogP contribution in [-0.2, 0) is 7.05 Å². The van der Waals surface area contributed by atoms with E-state index in [4.69, 9.17) is 5.73 Å². The predicted molar refractivity (Wildman–Crippen MR) is 126 cm³/mol. The first-order valence-corrected chi connectivity index (χ1v) is 10.9. The van der Waals surface area contributed by atoms with Gasteiger partial charge in [0.2, 0.25) is 5.95 Å². The Morgan fingerprint density at radius 3 is 2.55 bits per heavy atom. The van der Waals surface area contributed by atoms with E-state index in [-0.39, 0.29) is 6.17 Å². The SMILES string of the molecule is Cc1ccccc1NC(C)NC1CCC(Nc2nccc(-c3cnn(C)c3N)n2)CC1. The predicted octanol–water partition coefficient (Wildman–Crippen LogP) is 3.54. The zero-order valence-electron chi connectivity index (χ0n) is 18.5. The van der Waals surface area contributed by atoms with Gasteiger partial charge in [-0.3, -0.25) is 10.00 Å². The van der Waals surface area contributed by atoms with Crippen LogP contribution >= 0.6 is 0 Å². The van der Waals surface area contributed by atoms with Gasteiger partial charge < -0.3 is 16.4 Å². The fourth-order valence-electron chi connectivity index (χ4n) is 4.17. The molecule has 4 rings (SSSR count). The molecule has 0 spiro atoms. The van der Waals surface area contributed by atoms with Gasteiger partial charge in [0.15, 0.2) is 0 Å². The quantitative estimate of drug-likeness (QED) is 0.433. The molecule has 1 fully saturated rings. The molecule has 1 aromatic carbocycles. The van der Waals surface area contributed by atoms with Crippen molar-refractivity contribution in [2.24, 2.45) is 7.05 Å². The lowest BCUT2D eigenvalue weighted by Gasteiger charge is -2.32. The smallest absolute Gasteiger partial charge is 0.223 e. The molecular formula is C23H32N8. The summed E-state index contributed by atoms with van der Waals surface area (Å²) in [4.78, 5) is 9.05. The van der Waals surface area contributed by atoms with Crippen molar-refractivity contribution < 1.29 is 0 Å². The summed E-state index contributed by atoms with van der Waals surface area (Å²) in [5, 5.41) is 15.0. The van der Waals surface area contributed by atoms with E-state index in [1.54, 1.807) is 17.1 Å². The third-order valence-corrected chi connectivity index (χ3v) is 5.98. The van der Waals surface area contributed by atoms with Gasteiger partial charge in [0, 0.05) is 31.0 Å². The maximum atomic E-state index is 6.09. The van der Waals surface area contributed by atoms with Crippen LogP contribution in [-0.4, -0.2) is 38.0 Å². The number of nitrogens with one attached hydrogen (secondary N) is 3. The maximum Gasteiger partial charge on any atom is 0.223 e. The second-order valence-corrected chi connectivity index (χ2v) is 8.37. The number of nitrogen functional groups attached to an aromatic ring is 1. The highest BCUT2D eigenvalue weighted by Gasteiger charge is 2.23. The molecule has 2 aromatic heterocycles. The molecule has 2 heterocycles. The summed E-state index contributed by atoms with van der Waals surface area (Å²) in [7, 11) is 1.82. The van der Waals surface area contributed by atoms with Crippen LogP contribution in [0.4, 0.5) is 17.5 Å². The molecule has 5 N–H and O–H groups in total. The summed E-state index contributed by atoms with van der Waals surface area (Å²) < 4.78 is 1.65. The standard InChI is InChI=1S/C23H32N8/c1-15-6-4-5-7-20(15)28-16(2)27-17-8-10-18(11-9-17)29-23-25-13-12-21(30-23)19-14-26-31(3)22(19)24/h4-7,12-14,16-18,27-28H,8-11,24H2,1-3H3,(H,25,29,30).